The Kier molecular flexibility index (Phi) is 2.94. The molecule has 1 aromatic rings. The van der Waals surface area contributed by atoms with Crippen molar-refractivity contribution in [3.8, 4) is 11.5 Å². The lowest BCUT2D eigenvalue weighted by molar-refractivity contribution is 0.381. The van der Waals surface area contributed by atoms with Gasteiger partial charge in [0.1, 0.15) is 11.5 Å². The summed E-state index contributed by atoms with van der Waals surface area (Å²) in [5.41, 5.74) is 7.56. The van der Waals surface area contributed by atoms with E-state index in [0.29, 0.717) is 5.92 Å². The fraction of sp³-hybridized carbons (Fsp3) is 0.600. The third-order valence-electron chi connectivity index (χ3n) is 4.55. The number of fused-ring (bicyclic) bond motifs is 1. The molecule has 3 unspecified atom stereocenters. The summed E-state index contributed by atoms with van der Waals surface area (Å²) < 4.78 is 10.6. The largest absolute Gasteiger partial charge is 0.497 e. The van der Waals surface area contributed by atoms with Crippen molar-refractivity contribution in [2.24, 2.45) is 23.5 Å². The third-order valence-corrected chi connectivity index (χ3v) is 4.55. The number of nitrogens with two attached hydrogens (primary N) is 1. The molecule has 3 atom stereocenters. The van der Waals surface area contributed by atoms with Crippen molar-refractivity contribution in [1.29, 1.82) is 0 Å². The second kappa shape index (κ2) is 4.47. The van der Waals surface area contributed by atoms with Gasteiger partial charge in [0.05, 0.1) is 14.2 Å². The molecule has 0 saturated heterocycles. The van der Waals surface area contributed by atoms with E-state index < -0.39 is 0 Å². The number of hydrogen-bond acceptors (Lipinski definition) is 3. The molecule has 3 rings (SSSR count). The summed E-state index contributed by atoms with van der Waals surface area (Å²) in [7, 11) is 3.35. The highest BCUT2D eigenvalue weighted by atomic mass is 16.5. The van der Waals surface area contributed by atoms with Gasteiger partial charge in [0.15, 0.2) is 0 Å². The van der Waals surface area contributed by atoms with Crippen LogP contribution in [0.4, 0.5) is 0 Å². The second-order valence-electron chi connectivity index (χ2n) is 5.66. The molecule has 0 amide bonds. The van der Waals surface area contributed by atoms with Crippen molar-refractivity contribution in [3.63, 3.8) is 0 Å². The normalized spacial score (nSPS) is 30.7. The van der Waals surface area contributed by atoms with E-state index in [9.17, 15) is 0 Å². The van der Waals surface area contributed by atoms with Crippen LogP contribution in [0.5, 0.6) is 11.5 Å². The van der Waals surface area contributed by atoms with E-state index in [1.807, 2.05) is 18.2 Å². The third kappa shape index (κ3) is 2.07. The van der Waals surface area contributed by atoms with Crippen LogP contribution in [0, 0.1) is 17.8 Å². The first-order valence-corrected chi connectivity index (χ1v) is 6.69. The van der Waals surface area contributed by atoms with Crippen LogP contribution in [0.25, 0.3) is 0 Å². The summed E-state index contributed by atoms with van der Waals surface area (Å²) in [6, 6.07) is 6.08. The molecular weight excluding hydrogens is 226 g/mol. The standard InChI is InChI=1S/C15H21NO2/c1-17-13-6-12(7-14(8-13)18-2)15(16)11-4-9-3-10(9)5-11/h6-11,15H,3-5,16H2,1-2H3. The Bertz CT molecular complexity index is 414. The van der Waals surface area contributed by atoms with Crippen LogP contribution < -0.4 is 15.2 Å². The van der Waals surface area contributed by atoms with Crippen LogP contribution in [-0.4, -0.2) is 14.2 Å². The molecule has 1 aromatic carbocycles. The monoisotopic (exact) mass is 247 g/mol. The van der Waals surface area contributed by atoms with Crippen molar-refractivity contribution >= 4 is 0 Å². The second-order valence-corrected chi connectivity index (χ2v) is 5.66. The molecule has 2 fully saturated rings. The van der Waals surface area contributed by atoms with Crippen LogP contribution in [0.2, 0.25) is 0 Å². The van der Waals surface area contributed by atoms with Crippen molar-refractivity contribution in [1.82, 2.24) is 0 Å². The Morgan fingerprint density at radius 2 is 1.56 bits per heavy atom. The van der Waals surface area contributed by atoms with Gasteiger partial charge in [-0.25, -0.2) is 0 Å². The Balaban J connectivity index is 1.81. The highest BCUT2D eigenvalue weighted by molar-refractivity contribution is 5.40. The van der Waals surface area contributed by atoms with E-state index in [1.54, 1.807) is 14.2 Å². The predicted octanol–water partition coefficient (Wildman–Crippen LogP) is 2.75. The van der Waals surface area contributed by atoms with E-state index in [-0.39, 0.29) is 6.04 Å². The van der Waals surface area contributed by atoms with Gasteiger partial charge in [-0.1, -0.05) is 0 Å². The SMILES string of the molecule is COc1cc(OC)cc(C(N)C2CC3CC3C2)c1. The molecule has 2 N–H and O–H groups in total. The molecular formula is C15H21NO2. The zero-order valence-electron chi connectivity index (χ0n) is 11.1. The number of hydrogen-bond donors (Lipinski definition) is 1. The maximum Gasteiger partial charge on any atom is 0.122 e. The average Bonchev–Trinajstić information content (AvgIpc) is 3.03. The maximum absolute atomic E-state index is 6.42. The summed E-state index contributed by atoms with van der Waals surface area (Å²) >= 11 is 0. The Labute approximate surface area is 108 Å². The summed E-state index contributed by atoms with van der Waals surface area (Å²) in [5.74, 6) is 4.21. The smallest absolute Gasteiger partial charge is 0.122 e. The lowest BCUT2D eigenvalue weighted by atomic mass is 9.89. The molecule has 0 radical (unpaired) electrons. The van der Waals surface area contributed by atoms with Gasteiger partial charge in [0.25, 0.3) is 0 Å². The van der Waals surface area contributed by atoms with Crippen molar-refractivity contribution in [2.75, 3.05) is 14.2 Å². The zero-order valence-corrected chi connectivity index (χ0v) is 11.1. The van der Waals surface area contributed by atoms with Crippen LogP contribution in [0.1, 0.15) is 30.9 Å². The Morgan fingerprint density at radius 3 is 2.06 bits per heavy atom. The Morgan fingerprint density at radius 1 is 1.00 bits per heavy atom. The maximum atomic E-state index is 6.42. The number of benzene rings is 1. The molecule has 18 heavy (non-hydrogen) atoms. The fourth-order valence-electron chi connectivity index (χ4n) is 3.35. The lowest BCUT2D eigenvalue weighted by Crippen LogP contribution is -2.20. The van der Waals surface area contributed by atoms with E-state index >= 15 is 0 Å². The molecule has 2 aliphatic rings. The van der Waals surface area contributed by atoms with E-state index in [0.717, 1.165) is 28.9 Å². The van der Waals surface area contributed by atoms with Gasteiger partial charge in [-0.05, 0) is 54.7 Å². The molecule has 0 aliphatic heterocycles. The molecule has 98 valence electrons. The number of rotatable bonds is 4. The van der Waals surface area contributed by atoms with Crippen LogP contribution >= 0.6 is 0 Å². The quantitative estimate of drug-likeness (QED) is 0.889. The minimum absolute atomic E-state index is 0.113. The minimum atomic E-state index is 0.113. The molecule has 0 bridgehead atoms. The summed E-state index contributed by atoms with van der Waals surface area (Å²) in [5, 5.41) is 0. The number of methoxy groups -OCH3 is 2. The van der Waals surface area contributed by atoms with Crippen LogP contribution in [0.15, 0.2) is 18.2 Å². The fourth-order valence-corrected chi connectivity index (χ4v) is 3.35. The lowest BCUT2D eigenvalue weighted by Gasteiger charge is -2.22. The molecule has 0 aromatic heterocycles. The van der Waals surface area contributed by atoms with Crippen molar-refractivity contribution in [2.45, 2.75) is 25.3 Å². The zero-order chi connectivity index (χ0) is 12.7. The predicted molar refractivity (Wildman–Crippen MR) is 70.8 cm³/mol. The highest BCUT2D eigenvalue weighted by Crippen LogP contribution is 2.56. The summed E-state index contributed by atoms with van der Waals surface area (Å²) in [6.07, 6.45) is 4.03. The Hall–Kier alpha value is -1.22. The summed E-state index contributed by atoms with van der Waals surface area (Å²) in [4.78, 5) is 0. The summed E-state index contributed by atoms with van der Waals surface area (Å²) in [6.45, 7) is 0. The van der Waals surface area contributed by atoms with Gasteiger partial charge >= 0.3 is 0 Å². The molecule has 3 nitrogen and oxygen atoms in total. The van der Waals surface area contributed by atoms with Gasteiger partial charge in [-0.15, -0.1) is 0 Å². The molecule has 2 saturated carbocycles. The van der Waals surface area contributed by atoms with Gasteiger partial charge in [0, 0.05) is 12.1 Å². The first kappa shape index (κ1) is 11.8. The van der Waals surface area contributed by atoms with Gasteiger partial charge < -0.3 is 15.2 Å². The van der Waals surface area contributed by atoms with Crippen molar-refractivity contribution in [3.05, 3.63) is 23.8 Å². The van der Waals surface area contributed by atoms with E-state index in [1.165, 1.54) is 19.3 Å². The van der Waals surface area contributed by atoms with Gasteiger partial charge in [-0.3, -0.25) is 0 Å². The average molecular weight is 247 g/mol. The topological polar surface area (TPSA) is 44.5 Å². The highest BCUT2D eigenvalue weighted by Gasteiger charge is 2.47. The molecule has 2 aliphatic carbocycles. The van der Waals surface area contributed by atoms with E-state index in [2.05, 4.69) is 0 Å². The minimum Gasteiger partial charge on any atom is -0.497 e. The van der Waals surface area contributed by atoms with Gasteiger partial charge in [-0.2, -0.15) is 0 Å². The first-order chi connectivity index (χ1) is 8.71. The molecule has 0 spiro atoms. The van der Waals surface area contributed by atoms with Crippen LogP contribution in [0.3, 0.4) is 0 Å². The van der Waals surface area contributed by atoms with Crippen LogP contribution in [-0.2, 0) is 0 Å². The molecule has 0 heterocycles. The first-order valence-electron chi connectivity index (χ1n) is 6.69. The number of ether oxygens (including phenoxy) is 2. The molecule has 3 heteroatoms. The van der Waals surface area contributed by atoms with Gasteiger partial charge in [0.2, 0.25) is 0 Å². The van der Waals surface area contributed by atoms with Crippen molar-refractivity contribution < 1.29 is 9.47 Å². The van der Waals surface area contributed by atoms with E-state index in [4.69, 9.17) is 15.2 Å².